The number of nitrogens with one attached hydrogen (secondary N) is 3. The van der Waals surface area contributed by atoms with Crippen LogP contribution < -0.4 is 16.0 Å². The summed E-state index contributed by atoms with van der Waals surface area (Å²) in [5.41, 5.74) is 1.07. The third kappa shape index (κ3) is 8.18. The van der Waals surface area contributed by atoms with Crippen molar-refractivity contribution in [2.75, 3.05) is 44.6 Å². The SMILES string of the molecule is CC(C)CN1CCOC(CNC(=O)NCC(Nc2ccccc2)C(C)C)C1. The second-order valence-corrected chi connectivity index (χ2v) is 8.10. The van der Waals surface area contributed by atoms with Gasteiger partial charge in [-0.2, -0.15) is 0 Å². The maximum Gasteiger partial charge on any atom is 0.314 e. The molecule has 0 radical (unpaired) electrons. The molecule has 6 heteroatoms. The molecule has 0 saturated carbocycles. The summed E-state index contributed by atoms with van der Waals surface area (Å²) in [6, 6.07) is 10.1. The first-order valence-corrected chi connectivity index (χ1v) is 10.1. The summed E-state index contributed by atoms with van der Waals surface area (Å²) in [4.78, 5) is 14.6. The van der Waals surface area contributed by atoms with Gasteiger partial charge in [0.1, 0.15) is 0 Å². The van der Waals surface area contributed by atoms with Crippen LogP contribution in [0.1, 0.15) is 27.7 Å². The van der Waals surface area contributed by atoms with E-state index < -0.39 is 0 Å². The van der Waals surface area contributed by atoms with Crippen molar-refractivity contribution in [1.29, 1.82) is 0 Å². The lowest BCUT2D eigenvalue weighted by Gasteiger charge is -2.34. The number of carbonyl (C=O) groups is 1. The van der Waals surface area contributed by atoms with Crippen molar-refractivity contribution in [3.8, 4) is 0 Å². The van der Waals surface area contributed by atoms with Crippen LogP contribution >= 0.6 is 0 Å². The predicted octanol–water partition coefficient (Wildman–Crippen LogP) is 2.78. The summed E-state index contributed by atoms with van der Waals surface area (Å²) >= 11 is 0. The van der Waals surface area contributed by atoms with Crippen molar-refractivity contribution in [3.63, 3.8) is 0 Å². The number of anilines is 1. The molecule has 0 bridgehead atoms. The Labute approximate surface area is 164 Å². The first-order valence-electron chi connectivity index (χ1n) is 10.1. The molecule has 2 unspecified atom stereocenters. The topological polar surface area (TPSA) is 65.6 Å². The van der Waals surface area contributed by atoms with Gasteiger partial charge in [-0.1, -0.05) is 45.9 Å². The number of nitrogens with zero attached hydrogens (tertiary/aromatic N) is 1. The minimum atomic E-state index is -0.139. The van der Waals surface area contributed by atoms with Crippen molar-refractivity contribution >= 4 is 11.7 Å². The summed E-state index contributed by atoms with van der Waals surface area (Å²) in [6.07, 6.45) is 0.0617. The first-order chi connectivity index (χ1) is 12.9. The Morgan fingerprint density at radius 1 is 1.19 bits per heavy atom. The number of urea groups is 1. The number of morpholine rings is 1. The summed E-state index contributed by atoms with van der Waals surface area (Å²) in [6.45, 7) is 13.5. The molecule has 0 aliphatic carbocycles. The second kappa shape index (κ2) is 11.1. The van der Waals surface area contributed by atoms with E-state index in [1.807, 2.05) is 30.3 Å². The van der Waals surface area contributed by atoms with Crippen LogP contribution in [0.3, 0.4) is 0 Å². The van der Waals surface area contributed by atoms with Gasteiger partial charge in [0.25, 0.3) is 0 Å². The van der Waals surface area contributed by atoms with E-state index in [4.69, 9.17) is 4.74 Å². The van der Waals surface area contributed by atoms with Gasteiger partial charge in [0.2, 0.25) is 0 Å². The molecule has 3 N–H and O–H groups in total. The average Bonchev–Trinajstić information content (AvgIpc) is 2.64. The van der Waals surface area contributed by atoms with E-state index in [9.17, 15) is 4.79 Å². The monoisotopic (exact) mass is 376 g/mol. The zero-order valence-electron chi connectivity index (χ0n) is 17.2. The number of ether oxygens (including phenoxy) is 1. The van der Waals surface area contributed by atoms with Crippen LogP contribution in [0.2, 0.25) is 0 Å². The van der Waals surface area contributed by atoms with Crippen molar-refractivity contribution in [3.05, 3.63) is 30.3 Å². The highest BCUT2D eigenvalue weighted by molar-refractivity contribution is 5.73. The maximum absolute atomic E-state index is 12.2. The summed E-state index contributed by atoms with van der Waals surface area (Å²) in [5, 5.41) is 9.43. The van der Waals surface area contributed by atoms with Crippen LogP contribution in [0, 0.1) is 11.8 Å². The highest BCUT2D eigenvalue weighted by atomic mass is 16.5. The second-order valence-electron chi connectivity index (χ2n) is 8.10. The molecule has 2 amide bonds. The molecule has 1 aliphatic heterocycles. The van der Waals surface area contributed by atoms with Crippen LogP contribution in [-0.4, -0.2) is 62.4 Å². The minimum absolute atomic E-state index is 0.0617. The molecule has 6 nitrogen and oxygen atoms in total. The molecule has 1 heterocycles. The third-order valence-electron chi connectivity index (χ3n) is 4.75. The van der Waals surface area contributed by atoms with E-state index in [0.29, 0.717) is 24.9 Å². The standard InChI is InChI=1S/C21H36N4O2/c1-16(2)14-25-10-11-27-19(15-25)12-22-21(26)23-13-20(17(3)4)24-18-8-6-5-7-9-18/h5-9,16-17,19-20,24H,10-15H2,1-4H3,(H2,22,23,26). The molecule has 1 aromatic rings. The van der Waals surface area contributed by atoms with Crippen molar-refractivity contribution < 1.29 is 9.53 Å². The number of carbonyl (C=O) groups excluding carboxylic acids is 1. The number of hydrogen-bond donors (Lipinski definition) is 3. The maximum atomic E-state index is 12.2. The van der Waals surface area contributed by atoms with Gasteiger partial charge in [-0.25, -0.2) is 4.79 Å². The zero-order chi connectivity index (χ0) is 19.6. The van der Waals surface area contributed by atoms with Gasteiger partial charge < -0.3 is 20.7 Å². The van der Waals surface area contributed by atoms with Gasteiger partial charge in [-0.05, 0) is 24.0 Å². The van der Waals surface area contributed by atoms with Gasteiger partial charge in [-0.3, -0.25) is 4.90 Å². The summed E-state index contributed by atoms with van der Waals surface area (Å²) in [7, 11) is 0. The molecular weight excluding hydrogens is 340 g/mol. The molecule has 1 aliphatic rings. The largest absolute Gasteiger partial charge is 0.380 e. The van der Waals surface area contributed by atoms with Crippen molar-refractivity contribution in [2.24, 2.45) is 11.8 Å². The van der Waals surface area contributed by atoms with Crippen LogP contribution in [-0.2, 0) is 4.74 Å². The lowest BCUT2D eigenvalue weighted by molar-refractivity contribution is -0.0290. The number of amides is 2. The molecule has 1 fully saturated rings. The zero-order valence-corrected chi connectivity index (χ0v) is 17.2. The summed E-state index contributed by atoms with van der Waals surface area (Å²) in [5.74, 6) is 1.04. The van der Waals surface area contributed by atoms with E-state index in [0.717, 1.165) is 31.9 Å². The molecule has 2 rings (SSSR count). The first kappa shape index (κ1) is 21.5. The van der Waals surface area contributed by atoms with Crippen LogP contribution in [0.15, 0.2) is 30.3 Å². The molecule has 0 spiro atoms. The fourth-order valence-corrected chi connectivity index (χ4v) is 3.26. The van der Waals surface area contributed by atoms with Gasteiger partial charge in [0, 0.05) is 44.5 Å². The molecule has 0 aromatic heterocycles. The predicted molar refractivity (Wildman–Crippen MR) is 111 cm³/mol. The average molecular weight is 377 g/mol. The smallest absolute Gasteiger partial charge is 0.314 e. The molecule has 2 atom stereocenters. The highest BCUT2D eigenvalue weighted by Crippen LogP contribution is 2.12. The van der Waals surface area contributed by atoms with Crippen LogP contribution in [0.25, 0.3) is 0 Å². The lowest BCUT2D eigenvalue weighted by atomic mass is 10.0. The van der Waals surface area contributed by atoms with Crippen LogP contribution in [0.5, 0.6) is 0 Å². The van der Waals surface area contributed by atoms with Crippen molar-refractivity contribution in [2.45, 2.75) is 39.8 Å². The van der Waals surface area contributed by atoms with E-state index in [-0.39, 0.29) is 18.2 Å². The fourth-order valence-electron chi connectivity index (χ4n) is 3.26. The quantitative estimate of drug-likeness (QED) is 0.620. The molecule has 27 heavy (non-hydrogen) atoms. The van der Waals surface area contributed by atoms with Gasteiger partial charge in [-0.15, -0.1) is 0 Å². The Morgan fingerprint density at radius 3 is 2.59 bits per heavy atom. The van der Waals surface area contributed by atoms with Crippen LogP contribution in [0.4, 0.5) is 10.5 Å². The number of hydrogen-bond acceptors (Lipinski definition) is 4. The number of rotatable bonds is 9. The Bertz CT molecular complexity index is 550. The third-order valence-corrected chi connectivity index (χ3v) is 4.75. The van der Waals surface area contributed by atoms with E-state index in [1.165, 1.54) is 0 Å². The van der Waals surface area contributed by atoms with E-state index in [1.54, 1.807) is 0 Å². The molecular formula is C21H36N4O2. The fraction of sp³-hybridized carbons (Fsp3) is 0.667. The highest BCUT2D eigenvalue weighted by Gasteiger charge is 2.21. The summed E-state index contributed by atoms with van der Waals surface area (Å²) < 4.78 is 5.79. The Hall–Kier alpha value is -1.79. The number of para-hydroxylation sites is 1. The minimum Gasteiger partial charge on any atom is -0.380 e. The molecule has 1 aromatic carbocycles. The van der Waals surface area contributed by atoms with Gasteiger partial charge in [0.15, 0.2) is 0 Å². The van der Waals surface area contributed by atoms with Crippen molar-refractivity contribution in [1.82, 2.24) is 15.5 Å². The Balaban J connectivity index is 1.71. The van der Waals surface area contributed by atoms with Gasteiger partial charge >= 0.3 is 6.03 Å². The number of benzene rings is 1. The van der Waals surface area contributed by atoms with Gasteiger partial charge in [0.05, 0.1) is 12.7 Å². The Morgan fingerprint density at radius 2 is 1.93 bits per heavy atom. The normalized spacial score (nSPS) is 19.1. The molecule has 1 saturated heterocycles. The Kier molecular flexibility index (Phi) is 8.88. The molecule has 152 valence electrons. The van der Waals surface area contributed by atoms with E-state index >= 15 is 0 Å². The van der Waals surface area contributed by atoms with E-state index in [2.05, 4.69) is 48.5 Å². The lowest BCUT2D eigenvalue weighted by Crippen LogP contribution is -2.50.